The van der Waals surface area contributed by atoms with Crippen molar-refractivity contribution in [1.82, 2.24) is 10.9 Å². The number of thioether (sulfide) groups is 1. The van der Waals surface area contributed by atoms with Crippen LogP contribution in [-0.4, -0.2) is 38.6 Å². The fraction of sp³-hybridized carbons (Fsp3) is 0.125. The lowest BCUT2D eigenvalue weighted by molar-refractivity contribution is -0.449. The van der Waals surface area contributed by atoms with Gasteiger partial charge in [-0.3, -0.25) is 20.4 Å². The molecule has 0 aliphatic carbocycles. The number of carbonyl (C=O) groups is 2. The van der Waals surface area contributed by atoms with E-state index < -0.39 is 17.3 Å². The molecule has 10 heteroatoms. The van der Waals surface area contributed by atoms with Gasteiger partial charge in [-0.15, -0.1) is 0 Å². The van der Waals surface area contributed by atoms with Crippen molar-refractivity contribution in [2.45, 2.75) is 11.9 Å². The van der Waals surface area contributed by atoms with Gasteiger partial charge in [-0.1, -0.05) is 71.9 Å². The zero-order valence-electron chi connectivity index (χ0n) is 17.9. The standard InChI is InChI=1S/C24H20ClN5O3S/c25-17-9-6-10-18(14-17)30-21(13-16-7-2-1-3-8-16)26-29-24(30)34-15-22(32)27-28-23(33)19-11-4-5-12-20(19)31/h1-12,14,24,29H,13,15H2,(H,31,33)/p+1. The van der Waals surface area contributed by atoms with Crippen molar-refractivity contribution in [3.05, 3.63) is 95.0 Å². The first-order valence-electron chi connectivity index (χ1n) is 10.4. The highest BCUT2D eigenvalue weighted by Gasteiger charge is 2.34. The van der Waals surface area contributed by atoms with E-state index in [4.69, 9.17) is 11.6 Å². The van der Waals surface area contributed by atoms with Crippen molar-refractivity contribution in [1.29, 1.82) is 0 Å². The number of hydrogen-bond donors (Lipinski definition) is 3. The molecule has 1 heterocycles. The Hall–Kier alpha value is -3.69. The number of benzene rings is 3. The molecule has 0 saturated carbocycles. The molecule has 0 spiro atoms. The molecule has 172 valence electrons. The summed E-state index contributed by atoms with van der Waals surface area (Å²) in [6.45, 7) is 0. The first kappa shape index (κ1) is 23.5. The molecule has 3 aromatic carbocycles. The molecule has 2 amide bonds. The highest BCUT2D eigenvalue weighted by atomic mass is 35.5. The quantitative estimate of drug-likeness (QED) is 0.337. The summed E-state index contributed by atoms with van der Waals surface area (Å²) in [6, 6.07) is 23.3. The first-order chi connectivity index (χ1) is 16.5. The fourth-order valence-electron chi connectivity index (χ4n) is 3.30. The van der Waals surface area contributed by atoms with Crippen LogP contribution in [0.4, 0.5) is 5.69 Å². The number of nitrogens with one attached hydrogen (secondary N) is 2. The lowest BCUT2D eigenvalue weighted by atomic mass is 10.1. The van der Waals surface area contributed by atoms with E-state index in [2.05, 4.69) is 21.1 Å². The number of phenols is 1. The maximum atomic E-state index is 12.4. The fourth-order valence-corrected chi connectivity index (χ4v) is 4.36. The van der Waals surface area contributed by atoms with Gasteiger partial charge in [0.15, 0.2) is 0 Å². The monoisotopic (exact) mass is 494 g/mol. The third kappa shape index (κ3) is 5.81. The lowest BCUT2D eigenvalue weighted by Gasteiger charge is -2.12. The molecular formula is C24H21ClN5O3S+. The summed E-state index contributed by atoms with van der Waals surface area (Å²) in [5.41, 5.74) is 6.15. The molecule has 34 heavy (non-hydrogen) atoms. The van der Waals surface area contributed by atoms with Crippen LogP contribution in [-0.2, 0) is 11.2 Å². The summed E-state index contributed by atoms with van der Waals surface area (Å²) < 4.78 is 1.94. The highest BCUT2D eigenvalue weighted by molar-refractivity contribution is 8.00. The van der Waals surface area contributed by atoms with Crippen molar-refractivity contribution in [2.24, 2.45) is 10.2 Å². The van der Waals surface area contributed by atoms with Crippen molar-refractivity contribution in [2.75, 3.05) is 5.75 Å². The molecule has 1 aliphatic heterocycles. The van der Waals surface area contributed by atoms with Crippen LogP contribution in [0, 0.1) is 0 Å². The number of aromatic hydroxyl groups is 1. The number of halogens is 1. The summed E-state index contributed by atoms with van der Waals surface area (Å²) in [5, 5.41) is 19.1. The van der Waals surface area contributed by atoms with Gasteiger partial charge in [0.05, 0.1) is 22.9 Å². The van der Waals surface area contributed by atoms with Crippen LogP contribution in [0.15, 0.2) is 89.1 Å². The Bertz CT molecular complexity index is 1270. The number of azo groups is 1. The van der Waals surface area contributed by atoms with E-state index in [0.29, 0.717) is 11.4 Å². The van der Waals surface area contributed by atoms with Gasteiger partial charge in [0.1, 0.15) is 11.4 Å². The van der Waals surface area contributed by atoms with Crippen LogP contribution in [0.25, 0.3) is 0 Å². The third-order valence-corrected chi connectivity index (χ3v) is 6.16. The third-order valence-electron chi connectivity index (χ3n) is 4.89. The molecule has 8 nitrogen and oxygen atoms in total. The minimum absolute atomic E-state index is 0.0143. The highest BCUT2D eigenvalue weighted by Crippen LogP contribution is 2.29. The van der Waals surface area contributed by atoms with Crippen molar-refractivity contribution in [3.63, 3.8) is 0 Å². The van der Waals surface area contributed by atoms with E-state index in [9.17, 15) is 14.7 Å². The Labute approximate surface area is 205 Å². The van der Waals surface area contributed by atoms with Gasteiger partial charge in [-0.05, 0) is 34.9 Å². The molecule has 1 unspecified atom stereocenters. The molecule has 0 radical (unpaired) electrons. The van der Waals surface area contributed by atoms with Crippen LogP contribution < -0.4 is 10.9 Å². The van der Waals surface area contributed by atoms with Crippen molar-refractivity contribution < 1.29 is 19.3 Å². The minimum Gasteiger partial charge on any atom is -0.507 e. The number of amidine groups is 1. The Balaban J connectivity index is 1.43. The number of rotatable bonds is 7. The predicted molar refractivity (Wildman–Crippen MR) is 131 cm³/mol. The Kier molecular flexibility index (Phi) is 7.56. The maximum absolute atomic E-state index is 12.4. The number of para-hydroxylation sites is 1. The number of amides is 2. The molecule has 3 N–H and O–H groups in total. The molecular weight excluding hydrogens is 474 g/mol. The minimum atomic E-state index is -0.615. The van der Waals surface area contributed by atoms with Gasteiger partial charge >= 0.3 is 5.84 Å². The van der Waals surface area contributed by atoms with Gasteiger partial charge in [0.2, 0.25) is 5.91 Å². The molecule has 0 saturated heterocycles. The number of carbonyl (C=O) groups excluding carboxylic acids is 2. The second-order valence-electron chi connectivity index (χ2n) is 7.30. The van der Waals surface area contributed by atoms with Crippen LogP contribution in [0.3, 0.4) is 0 Å². The van der Waals surface area contributed by atoms with E-state index in [-0.39, 0.29) is 17.1 Å². The molecule has 0 bridgehead atoms. The van der Waals surface area contributed by atoms with E-state index >= 15 is 0 Å². The molecule has 4 rings (SSSR count). The smallest absolute Gasteiger partial charge is 0.333 e. The van der Waals surface area contributed by atoms with Gasteiger partial charge in [0, 0.05) is 11.1 Å². The average Bonchev–Trinajstić information content (AvgIpc) is 3.24. The van der Waals surface area contributed by atoms with E-state index in [1.54, 1.807) is 18.2 Å². The zero-order chi connectivity index (χ0) is 23.9. The van der Waals surface area contributed by atoms with Gasteiger partial charge < -0.3 is 5.11 Å². The largest absolute Gasteiger partial charge is 0.507 e. The van der Waals surface area contributed by atoms with Gasteiger partial charge in [-0.2, -0.15) is 4.58 Å². The molecule has 1 aliphatic rings. The van der Waals surface area contributed by atoms with Crippen LogP contribution in [0.2, 0.25) is 5.02 Å². The molecule has 3 aromatic rings. The molecule has 0 fully saturated rings. The molecule has 1 atom stereocenters. The normalized spacial score (nSPS) is 14.8. The van der Waals surface area contributed by atoms with E-state index in [1.807, 2.05) is 53.1 Å². The second kappa shape index (κ2) is 11.0. The second-order valence-corrected chi connectivity index (χ2v) is 8.78. The summed E-state index contributed by atoms with van der Waals surface area (Å²) in [5.74, 6) is -0.462. The van der Waals surface area contributed by atoms with Crippen LogP contribution in [0.1, 0.15) is 15.9 Å². The number of hydrazine groups is 1. The summed E-state index contributed by atoms with van der Waals surface area (Å²) in [6.07, 6.45) is 0.566. The Morgan fingerprint density at radius 3 is 2.53 bits per heavy atom. The maximum Gasteiger partial charge on any atom is 0.333 e. The Morgan fingerprint density at radius 2 is 1.76 bits per heavy atom. The summed E-state index contributed by atoms with van der Waals surface area (Å²) in [7, 11) is 0. The lowest BCUT2D eigenvalue weighted by Crippen LogP contribution is -2.42. The summed E-state index contributed by atoms with van der Waals surface area (Å²) in [4.78, 5) is 24.5. The topological polar surface area (TPSA) is 106 Å². The van der Waals surface area contributed by atoms with E-state index in [0.717, 1.165) is 17.1 Å². The van der Waals surface area contributed by atoms with Crippen molar-refractivity contribution in [3.8, 4) is 5.75 Å². The zero-order valence-corrected chi connectivity index (χ0v) is 19.5. The van der Waals surface area contributed by atoms with Crippen molar-refractivity contribution >= 4 is 46.7 Å². The van der Waals surface area contributed by atoms with Gasteiger partial charge in [-0.25, -0.2) is 0 Å². The van der Waals surface area contributed by atoms with Gasteiger partial charge in [0.25, 0.3) is 11.4 Å². The summed E-state index contributed by atoms with van der Waals surface area (Å²) >= 11 is 7.47. The average molecular weight is 495 g/mol. The predicted octanol–water partition coefficient (Wildman–Crippen LogP) is 4.27. The Morgan fingerprint density at radius 1 is 1.00 bits per heavy atom. The first-order valence-corrected chi connectivity index (χ1v) is 11.8. The van der Waals surface area contributed by atoms with E-state index in [1.165, 1.54) is 23.9 Å². The number of phenolic OH excluding ortho intramolecular Hbond substituents is 1. The van der Waals surface area contributed by atoms with Crippen LogP contribution >= 0.6 is 23.4 Å². The molecule has 0 aromatic heterocycles. The van der Waals surface area contributed by atoms with Crippen LogP contribution in [0.5, 0.6) is 5.75 Å². The number of nitrogens with zero attached hydrogens (tertiary/aromatic N) is 3. The number of hydrogen-bond acceptors (Lipinski definition) is 6. The SMILES string of the molecule is O=C(CSC1N=NC(Cc2ccccc2)=[N+]1c1cccc(Cl)c1)NNC(=O)c1ccccc1O.